The smallest absolute Gasteiger partial charge is 0.238 e. The number of anilines is 1. The lowest BCUT2D eigenvalue weighted by Crippen LogP contribution is -2.37. The summed E-state index contributed by atoms with van der Waals surface area (Å²) in [5.74, 6) is -0.114. The molecule has 6 heteroatoms. The topological polar surface area (TPSA) is 65.4 Å². The fraction of sp³-hybridized carbons (Fsp3) is 0.368. The van der Waals surface area contributed by atoms with Gasteiger partial charge in [-0.2, -0.15) is 5.26 Å². The van der Waals surface area contributed by atoms with Gasteiger partial charge in [-0.05, 0) is 36.4 Å². The van der Waals surface area contributed by atoms with Gasteiger partial charge in [0, 0.05) is 24.6 Å². The summed E-state index contributed by atoms with van der Waals surface area (Å²) in [6.45, 7) is 2.55. The van der Waals surface area contributed by atoms with E-state index < -0.39 is 0 Å². The number of nitrogens with one attached hydrogen (secondary N) is 1. The predicted molar refractivity (Wildman–Crippen MR) is 98.4 cm³/mol. The summed E-state index contributed by atoms with van der Waals surface area (Å²) < 4.78 is 5.73. The second-order valence-corrected chi connectivity index (χ2v) is 7.12. The number of carbonyl (C=O) groups is 1. The number of benzene rings is 1. The van der Waals surface area contributed by atoms with Crippen LogP contribution in [0.5, 0.6) is 0 Å². The average Bonchev–Trinajstić information content (AvgIpc) is 3.29. The molecule has 0 unspecified atom stereocenters. The van der Waals surface area contributed by atoms with Crippen molar-refractivity contribution in [2.45, 2.75) is 25.5 Å². The second kappa shape index (κ2) is 8.77. The van der Waals surface area contributed by atoms with E-state index in [4.69, 9.17) is 10.00 Å². The number of ether oxygens (including phenoxy) is 1. The number of carbonyl (C=O) groups excluding carboxylic acids is 1. The summed E-state index contributed by atoms with van der Waals surface area (Å²) in [5.41, 5.74) is 1.03. The zero-order valence-corrected chi connectivity index (χ0v) is 14.8. The normalized spacial score (nSPS) is 16.7. The van der Waals surface area contributed by atoms with Crippen LogP contribution in [0.15, 0.2) is 41.8 Å². The van der Waals surface area contributed by atoms with E-state index in [1.54, 1.807) is 29.5 Å². The average molecular weight is 355 g/mol. The molecule has 0 spiro atoms. The van der Waals surface area contributed by atoms with Crippen LogP contribution in [0.2, 0.25) is 0 Å². The van der Waals surface area contributed by atoms with Gasteiger partial charge in [-0.1, -0.05) is 18.2 Å². The molecule has 2 aromatic rings. The van der Waals surface area contributed by atoms with Crippen LogP contribution in [-0.4, -0.2) is 36.6 Å². The zero-order chi connectivity index (χ0) is 17.5. The van der Waals surface area contributed by atoms with E-state index in [0.717, 1.165) is 32.5 Å². The van der Waals surface area contributed by atoms with Gasteiger partial charge in [0.25, 0.3) is 0 Å². The highest BCUT2D eigenvalue weighted by Crippen LogP contribution is 2.18. The third-order valence-corrected chi connectivity index (χ3v) is 5.00. The van der Waals surface area contributed by atoms with Gasteiger partial charge >= 0.3 is 0 Å². The van der Waals surface area contributed by atoms with Gasteiger partial charge in [0.1, 0.15) is 6.07 Å². The molecule has 1 N–H and O–H groups in total. The van der Waals surface area contributed by atoms with Crippen molar-refractivity contribution >= 4 is 22.9 Å². The molecule has 1 fully saturated rings. The molecular formula is C19H21N3O2S. The fourth-order valence-corrected chi connectivity index (χ4v) is 3.71. The SMILES string of the molecule is N#Cc1ccccc1NC(=O)CN(Cc1cccs1)C[C@@H]1CCCO1. The van der Waals surface area contributed by atoms with Crippen LogP contribution in [0.25, 0.3) is 0 Å². The van der Waals surface area contributed by atoms with E-state index >= 15 is 0 Å². The van der Waals surface area contributed by atoms with Crippen LogP contribution in [0.1, 0.15) is 23.3 Å². The molecule has 3 rings (SSSR count). The first-order valence-electron chi connectivity index (χ1n) is 8.40. The molecule has 25 heavy (non-hydrogen) atoms. The molecular weight excluding hydrogens is 334 g/mol. The van der Waals surface area contributed by atoms with Crippen LogP contribution >= 0.6 is 11.3 Å². The lowest BCUT2D eigenvalue weighted by Gasteiger charge is -2.24. The summed E-state index contributed by atoms with van der Waals surface area (Å²) in [6.07, 6.45) is 2.32. The lowest BCUT2D eigenvalue weighted by molar-refractivity contribution is -0.117. The number of nitriles is 1. The summed E-state index contributed by atoms with van der Waals surface area (Å²) in [5, 5.41) is 14.0. The molecule has 1 amide bonds. The maximum absolute atomic E-state index is 12.5. The second-order valence-electron chi connectivity index (χ2n) is 6.09. The highest BCUT2D eigenvalue weighted by molar-refractivity contribution is 7.09. The molecule has 130 valence electrons. The Balaban J connectivity index is 1.63. The van der Waals surface area contributed by atoms with Gasteiger partial charge in [-0.25, -0.2) is 0 Å². The number of hydrogen-bond donors (Lipinski definition) is 1. The molecule has 1 aliphatic heterocycles. The zero-order valence-electron chi connectivity index (χ0n) is 14.0. The van der Waals surface area contributed by atoms with E-state index in [9.17, 15) is 4.79 Å². The summed E-state index contributed by atoms with van der Waals surface area (Å²) in [4.78, 5) is 15.8. The molecule has 0 bridgehead atoms. The van der Waals surface area contributed by atoms with Gasteiger partial charge in [-0.15, -0.1) is 11.3 Å². The Morgan fingerprint density at radius 1 is 1.36 bits per heavy atom. The minimum absolute atomic E-state index is 0.114. The Morgan fingerprint density at radius 3 is 2.96 bits per heavy atom. The Morgan fingerprint density at radius 2 is 2.24 bits per heavy atom. The van der Waals surface area contributed by atoms with Gasteiger partial charge in [0.05, 0.1) is 23.9 Å². The molecule has 5 nitrogen and oxygen atoms in total. The summed E-state index contributed by atoms with van der Waals surface area (Å²) >= 11 is 1.69. The van der Waals surface area contributed by atoms with Crippen LogP contribution in [0, 0.1) is 11.3 Å². The number of amides is 1. The van der Waals surface area contributed by atoms with Crippen molar-refractivity contribution in [3.63, 3.8) is 0 Å². The Kier molecular flexibility index (Phi) is 6.18. The molecule has 0 aliphatic carbocycles. The number of para-hydroxylation sites is 1. The highest BCUT2D eigenvalue weighted by Gasteiger charge is 2.21. The molecule has 1 saturated heterocycles. The van der Waals surface area contributed by atoms with Crippen molar-refractivity contribution in [1.29, 1.82) is 5.26 Å². The standard InChI is InChI=1S/C19H21N3O2S/c20-11-15-5-1-2-8-18(15)21-19(23)14-22(12-16-6-3-9-24-16)13-17-7-4-10-25-17/h1-2,4-5,7-8,10,16H,3,6,9,12-14H2,(H,21,23)/t16-/m0/s1. The first-order valence-corrected chi connectivity index (χ1v) is 9.28. The Labute approximate surface area is 151 Å². The third kappa shape index (κ3) is 5.13. The molecule has 1 aliphatic rings. The quantitative estimate of drug-likeness (QED) is 0.828. The first-order chi connectivity index (χ1) is 12.2. The van der Waals surface area contributed by atoms with Crippen molar-refractivity contribution in [3.8, 4) is 6.07 Å². The van der Waals surface area contributed by atoms with Crippen molar-refractivity contribution in [2.75, 3.05) is 25.0 Å². The maximum Gasteiger partial charge on any atom is 0.238 e. The predicted octanol–water partition coefficient (Wildman–Crippen LogP) is 3.24. The van der Waals surface area contributed by atoms with E-state index in [0.29, 0.717) is 11.3 Å². The summed E-state index contributed by atoms with van der Waals surface area (Å²) in [6, 6.07) is 13.3. The van der Waals surface area contributed by atoms with Gasteiger partial charge < -0.3 is 10.1 Å². The number of hydrogen-bond acceptors (Lipinski definition) is 5. The monoisotopic (exact) mass is 355 g/mol. The molecule has 1 atom stereocenters. The van der Waals surface area contributed by atoms with Gasteiger partial charge in [0.15, 0.2) is 0 Å². The maximum atomic E-state index is 12.5. The number of rotatable bonds is 7. The Bertz CT molecular complexity index is 733. The van der Waals surface area contributed by atoms with Crippen LogP contribution in [0.4, 0.5) is 5.69 Å². The van der Waals surface area contributed by atoms with E-state index in [2.05, 4.69) is 22.4 Å². The fourth-order valence-electron chi connectivity index (χ4n) is 2.97. The van der Waals surface area contributed by atoms with E-state index in [1.165, 1.54) is 4.88 Å². The minimum Gasteiger partial charge on any atom is -0.377 e. The molecule has 0 saturated carbocycles. The summed E-state index contributed by atoms with van der Waals surface area (Å²) in [7, 11) is 0. The molecule has 2 heterocycles. The molecule has 1 aromatic heterocycles. The largest absolute Gasteiger partial charge is 0.377 e. The molecule has 1 aromatic carbocycles. The van der Waals surface area contributed by atoms with Crippen LogP contribution in [0.3, 0.4) is 0 Å². The first kappa shape index (κ1) is 17.6. The Hall–Kier alpha value is -2.20. The third-order valence-electron chi connectivity index (χ3n) is 4.13. The van der Waals surface area contributed by atoms with Crippen LogP contribution < -0.4 is 5.32 Å². The van der Waals surface area contributed by atoms with Gasteiger partial charge in [0.2, 0.25) is 5.91 Å². The minimum atomic E-state index is -0.114. The molecule has 0 radical (unpaired) electrons. The van der Waals surface area contributed by atoms with Crippen molar-refractivity contribution in [2.24, 2.45) is 0 Å². The highest BCUT2D eigenvalue weighted by atomic mass is 32.1. The van der Waals surface area contributed by atoms with Crippen molar-refractivity contribution in [3.05, 3.63) is 52.2 Å². The van der Waals surface area contributed by atoms with Crippen LogP contribution in [-0.2, 0) is 16.1 Å². The van der Waals surface area contributed by atoms with Crippen molar-refractivity contribution in [1.82, 2.24) is 4.90 Å². The van der Waals surface area contributed by atoms with Crippen molar-refractivity contribution < 1.29 is 9.53 Å². The number of thiophene rings is 1. The van der Waals surface area contributed by atoms with E-state index in [-0.39, 0.29) is 18.6 Å². The lowest BCUT2D eigenvalue weighted by atomic mass is 10.2. The van der Waals surface area contributed by atoms with Gasteiger partial charge in [-0.3, -0.25) is 9.69 Å². The number of nitrogens with zero attached hydrogens (tertiary/aromatic N) is 2. The van der Waals surface area contributed by atoms with E-state index in [1.807, 2.05) is 17.5 Å².